The van der Waals surface area contributed by atoms with Crippen LogP contribution < -0.4 is 11.1 Å². The van der Waals surface area contributed by atoms with E-state index in [0.29, 0.717) is 11.5 Å². The number of rotatable bonds is 1. The van der Waals surface area contributed by atoms with Crippen molar-refractivity contribution in [3.05, 3.63) is 0 Å². The van der Waals surface area contributed by atoms with Crippen LogP contribution in [0, 0.1) is 11.3 Å². The summed E-state index contributed by atoms with van der Waals surface area (Å²) in [7, 11) is 0. The Kier molecular flexibility index (Phi) is 3.61. The van der Waals surface area contributed by atoms with Gasteiger partial charge in [-0.1, -0.05) is 13.8 Å². The van der Waals surface area contributed by atoms with Gasteiger partial charge in [0.05, 0.1) is 0 Å². The first-order valence-electron chi connectivity index (χ1n) is 6.76. The van der Waals surface area contributed by atoms with Crippen molar-refractivity contribution in [3.63, 3.8) is 0 Å². The van der Waals surface area contributed by atoms with Gasteiger partial charge in [0.25, 0.3) is 0 Å². The van der Waals surface area contributed by atoms with E-state index in [0.717, 1.165) is 38.4 Å². The lowest BCUT2D eigenvalue weighted by Gasteiger charge is -2.41. The number of nitrogens with two attached hydrogens (primary N) is 1. The minimum atomic E-state index is -0.263. The van der Waals surface area contributed by atoms with Crippen LogP contribution >= 0.6 is 0 Å². The Morgan fingerprint density at radius 2 is 1.94 bits per heavy atom. The highest BCUT2D eigenvalue weighted by Crippen LogP contribution is 2.32. The number of hydrogen-bond donors (Lipinski definition) is 2. The van der Waals surface area contributed by atoms with E-state index in [1.165, 1.54) is 12.8 Å². The highest BCUT2D eigenvalue weighted by Gasteiger charge is 2.33. The summed E-state index contributed by atoms with van der Waals surface area (Å²) in [4.78, 5) is 12.8. The Hall–Kier alpha value is -0.770. The number of urea groups is 1. The van der Waals surface area contributed by atoms with Gasteiger partial charge in [0.1, 0.15) is 0 Å². The Labute approximate surface area is 104 Å². The molecule has 2 amide bonds. The van der Waals surface area contributed by atoms with Crippen molar-refractivity contribution in [3.8, 4) is 0 Å². The molecule has 0 radical (unpaired) electrons. The fourth-order valence-electron chi connectivity index (χ4n) is 3.07. The molecule has 0 aromatic carbocycles. The summed E-state index contributed by atoms with van der Waals surface area (Å²) in [6, 6.07) is 0.388. The molecular weight excluding hydrogens is 214 g/mol. The first-order chi connectivity index (χ1) is 7.98. The maximum atomic E-state index is 11.1. The third kappa shape index (κ3) is 3.12. The molecule has 1 atom stereocenters. The van der Waals surface area contributed by atoms with Gasteiger partial charge in [-0.05, 0) is 37.0 Å². The van der Waals surface area contributed by atoms with E-state index in [1.54, 1.807) is 4.90 Å². The number of carbonyl (C=O) groups excluding carboxylic acids is 1. The van der Waals surface area contributed by atoms with Gasteiger partial charge in [0, 0.05) is 25.7 Å². The maximum absolute atomic E-state index is 11.1. The van der Waals surface area contributed by atoms with Crippen molar-refractivity contribution in [2.24, 2.45) is 17.1 Å². The van der Waals surface area contributed by atoms with E-state index in [9.17, 15) is 4.79 Å². The van der Waals surface area contributed by atoms with Crippen LogP contribution in [0.3, 0.4) is 0 Å². The smallest absolute Gasteiger partial charge is 0.314 e. The summed E-state index contributed by atoms with van der Waals surface area (Å²) in [5, 5.41) is 3.69. The summed E-state index contributed by atoms with van der Waals surface area (Å²) < 4.78 is 0. The molecule has 0 saturated carbocycles. The highest BCUT2D eigenvalue weighted by molar-refractivity contribution is 5.72. The van der Waals surface area contributed by atoms with Crippen molar-refractivity contribution in [1.82, 2.24) is 10.2 Å². The van der Waals surface area contributed by atoms with Crippen molar-refractivity contribution in [2.45, 2.75) is 45.6 Å². The number of piperidine rings is 2. The molecule has 0 aromatic rings. The van der Waals surface area contributed by atoms with Gasteiger partial charge in [-0.25, -0.2) is 4.79 Å². The van der Waals surface area contributed by atoms with Crippen LogP contribution in [0.15, 0.2) is 0 Å². The van der Waals surface area contributed by atoms with Gasteiger partial charge >= 0.3 is 6.03 Å². The first kappa shape index (κ1) is 12.7. The number of nitrogens with zero attached hydrogens (tertiary/aromatic N) is 1. The Balaban J connectivity index is 1.80. The lowest BCUT2D eigenvalue weighted by molar-refractivity contribution is 0.131. The van der Waals surface area contributed by atoms with Gasteiger partial charge in [0.15, 0.2) is 0 Å². The molecule has 0 aromatic heterocycles. The van der Waals surface area contributed by atoms with Crippen molar-refractivity contribution >= 4 is 6.03 Å². The quantitative estimate of drug-likeness (QED) is 0.729. The number of hydrogen-bond acceptors (Lipinski definition) is 2. The molecule has 0 aliphatic carbocycles. The largest absolute Gasteiger partial charge is 0.351 e. The molecule has 2 aliphatic rings. The second kappa shape index (κ2) is 4.84. The number of amides is 2. The predicted molar refractivity (Wildman–Crippen MR) is 68.7 cm³/mol. The first-order valence-corrected chi connectivity index (χ1v) is 6.76. The average Bonchev–Trinajstić information content (AvgIpc) is 2.29. The van der Waals surface area contributed by atoms with E-state index < -0.39 is 0 Å². The van der Waals surface area contributed by atoms with Crippen LogP contribution in [0.25, 0.3) is 0 Å². The SMILES string of the molecule is CC1(C)CCC(C2CCN(C(N)=O)CC2)NC1. The van der Waals surface area contributed by atoms with E-state index >= 15 is 0 Å². The minimum absolute atomic E-state index is 0.263. The van der Waals surface area contributed by atoms with Crippen LogP contribution in [0.5, 0.6) is 0 Å². The van der Waals surface area contributed by atoms with Crippen LogP contribution in [-0.4, -0.2) is 36.6 Å². The second-order valence-electron chi connectivity index (χ2n) is 6.35. The van der Waals surface area contributed by atoms with Crippen LogP contribution in [0.2, 0.25) is 0 Å². The summed E-state index contributed by atoms with van der Waals surface area (Å²) in [5.41, 5.74) is 5.75. The van der Waals surface area contributed by atoms with Crippen LogP contribution in [0.1, 0.15) is 39.5 Å². The molecule has 2 fully saturated rings. The summed E-state index contributed by atoms with van der Waals surface area (Å²) in [6.45, 7) is 7.44. The predicted octanol–water partition coefficient (Wildman–Crippen LogP) is 1.56. The molecule has 98 valence electrons. The molecule has 4 heteroatoms. The molecule has 2 rings (SSSR count). The standard InChI is InChI=1S/C13H25N3O/c1-13(2)6-3-11(15-9-13)10-4-7-16(8-5-10)12(14)17/h10-11,15H,3-9H2,1-2H3,(H2,14,17). The Morgan fingerprint density at radius 3 is 2.41 bits per heavy atom. The normalized spacial score (nSPS) is 30.2. The zero-order valence-electron chi connectivity index (χ0n) is 11.0. The molecule has 17 heavy (non-hydrogen) atoms. The number of carbonyl (C=O) groups is 1. The van der Waals surface area contributed by atoms with Gasteiger partial charge in [0.2, 0.25) is 0 Å². The molecule has 2 heterocycles. The van der Waals surface area contributed by atoms with Gasteiger partial charge in [-0.2, -0.15) is 0 Å². The molecule has 0 bridgehead atoms. The molecule has 2 saturated heterocycles. The summed E-state index contributed by atoms with van der Waals surface area (Å²) in [5.74, 6) is 0.724. The average molecular weight is 239 g/mol. The third-order valence-corrected chi connectivity index (χ3v) is 4.40. The number of likely N-dealkylation sites (tertiary alicyclic amines) is 1. The van der Waals surface area contributed by atoms with E-state index in [2.05, 4.69) is 19.2 Å². The van der Waals surface area contributed by atoms with Crippen molar-refractivity contribution in [2.75, 3.05) is 19.6 Å². The van der Waals surface area contributed by atoms with E-state index in [-0.39, 0.29) is 6.03 Å². The molecule has 2 aliphatic heterocycles. The Bertz CT molecular complexity index is 272. The fraction of sp³-hybridized carbons (Fsp3) is 0.923. The fourth-order valence-corrected chi connectivity index (χ4v) is 3.07. The van der Waals surface area contributed by atoms with E-state index in [4.69, 9.17) is 5.73 Å². The molecule has 4 nitrogen and oxygen atoms in total. The highest BCUT2D eigenvalue weighted by atomic mass is 16.2. The zero-order chi connectivity index (χ0) is 12.5. The van der Waals surface area contributed by atoms with Gasteiger partial charge < -0.3 is 16.0 Å². The van der Waals surface area contributed by atoms with Crippen LogP contribution in [0.4, 0.5) is 4.79 Å². The molecular formula is C13H25N3O. The monoisotopic (exact) mass is 239 g/mol. The topological polar surface area (TPSA) is 58.4 Å². The molecule has 1 unspecified atom stereocenters. The number of nitrogens with one attached hydrogen (secondary N) is 1. The van der Waals surface area contributed by atoms with Crippen molar-refractivity contribution < 1.29 is 4.79 Å². The summed E-state index contributed by atoms with van der Waals surface area (Å²) in [6.07, 6.45) is 4.77. The lowest BCUT2D eigenvalue weighted by Crippen LogP contribution is -2.50. The summed E-state index contributed by atoms with van der Waals surface area (Å²) >= 11 is 0. The van der Waals surface area contributed by atoms with Gasteiger partial charge in [-0.15, -0.1) is 0 Å². The maximum Gasteiger partial charge on any atom is 0.314 e. The molecule has 3 N–H and O–H groups in total. The minimum Gasteiger partial charge on any atom is -0.351 e. The third-order valence-electron chi connectivity index (χ3n) is 4.40. The van der Waals surface area contributed by atoms with Crippen molar-refractivity contribution in [1.29, 1.82) is 0 Å². The second-order valence-corrected chi connectivity index (χ2v) is 6.35. The van der Waals surface area contributed by atoms with Gasteiger partial charge in [-0.3, -0.25) is 0 Å². The Morgan fingerprint density at radius 1 is 1.29 bits per heavy atom. The zero-order valence-corrected chi connectivity index (χ0v) is 11.0. The number of primary amides is 1. The lowest BCUT2D eigenvalue weighted by atomic mass is 9.77. The molecule has 0 spiro atoms. The van der Waals surface area contributed by atoms with E-state index in [1.807, 2.05) is 0 Å². The van der Waals surface area contributed by atoms with Crippen LogP contribution in [-0.2, 0) is 0 Å².